The Morgan fingerprint density at radius 2 is 1.60 bits per heavy atom. The zero-order valence-corrected chi connectivity index (χ0v) is 24.1. The molecule has 12 heteroatoms. The van der Waals surface area contributed by atoms with Crippen LogP contribution in [0, 0.1) is 0 Å². The average molecular weight is 589 g/mol. The number of thiol groups is 2. The largest absolute Gasteiger partial charge is 0.508 e. The second-order valence-corrected chi connectivity index (χ2v) is 11.9. The van der Waals surface area contributed by atoms with Crippen molar-refractivity contribution < 1.29 is 29.4 Å². The molecule has 10 nitrogen and oxygen atoms in total. The van der Waals surface area contributed by atoms with Crippen LogP contribution in [0.3, 0.4) is 0 Å². The van der Waals surface area contributed by atoms with Crippen LogP contribution in [-0.4, -0.2) is 75.1 Å². The summed E-state index contributed by atoms with van der Waals surface area (Å²) in [7, 11) is 0. The number of carbonyl (C=O) groups is 4. The standard InChI is InChI=1S/C28H36N4O6S2/c1-28(2,40)23(27(37)38)32-24(34)20(14-16-6-4-3-5-7-16)30-25(35)21(15-39)31-26(36)22-19(12-13-29-22)17-8-10-18(33)11-9-17/h3-11,19-23,29,33,39-40H,12-15H2,1-2H3,(H,30,35)(H,31,36)(H,32,34)(H,37,38)/t19-,20+,21-,22-,23+/m1/s1. The first-order valence-corrected chi connectivity index (χ1v) is 14.0. The highest BCUT2D eigenvalue weighted by molar-refractivity contribution is 7.81. The molecule has 0 spiro atoms. The van der Waals surface area contributed by atoms with E-state index in [0.717, 1.165) is 11.1 Å². The fourth-order valence-electron chi connectivity index (χ4n) is 4.63. The average Bonchev–Trinajstić information content (AvgIpc) is 3.40. The number of aromatic hydroxyl groups is 1. The number of phenols is 1. The topological polar surface area (TPSA) is 157 Å². The summed E-state index contributed by atoms with van der Waals surface area (Å²) < 4.78 is -1.08. The van der Waals surface area contributed by atoms with Gasteiger partial charge in [0.1, 0.15) is 23.9 Å². The summed E-state index contributed by atoms with van der Waals surface area (Å²) in [5, 5.41) is 30.3. The maximum Gasteiger partial charge on any atom is 0.327 e. The van der Waals surface area contributed by atoms with E-state index >= 15 is 0 Å². The smallest absolute Gasteiger partial charge is 0.327 e. The van der Waals surface area contributed by atoms with Gasteiger partial charge in [-0.25, -0.2) is 4.79 Å². The lowest BCUT2D eigenvalue weighted by atomic mass is 9.91. The van der Waals surface area contributed by atoms with Gasteiger partial charge < -0.3 is 31.5 Å². The second-order valence-electron chi connectivity index (χ2n) is 10.3. The molecule has 2 aromatic carbocycles. The van der Waals surface area contributed by atoms with E-state index in [4.69, 9.17) is 0 Å². The van der Waals surface area contributed by atoms with Gasteiger partial charge in [0, 0.05) is 22.8 Å². The minimum atomic E-state index is -1.32. The Labute approximate surface area is 244 Å². The number of nitrogens with one attached hydrogen (secondary N) is 4. The van der Waals surface area contributed by atoms with E-state index in [-0.39, 0.29) is 23.8 Å². The highest BCUT2D eigenvalue weighted by Gasteiger charge is 2.38. The van der Waals surface area contributed by atoms with Crippen LogP contribution < -0.4 is 21.3 Å². The van der Waals surface area contributed by atoms with Gasteiger partial charge in [-0.1, -0.05) is 42.5 Å². The van der Waals surface area contributed by atoms with Gasteiger partial charge in [0.2, 0.25) is 17.7 Å². The molecule has 216 valence electrons. The number of phenolic OH excluding ortho intramolecular Hbond substituents is 1. The van der Waals surface area contributed by atoms with Crippen molar-refractivity contribution in [2.75, 3.05) is 12.3 Å². The van der Waals surface area contributed by atoms with Gasteiger partial charge in [-0.15, -0.1) is 0 Å². The third kappa shape index (κ3) is 8.39. The van der Waals surface area contributed by atoms with Crippen LogP contribution in [0.2, 0.25) is 0 Å². The summed E-state index contributed by atoms with van der Waals surface area (Å²) in [6, 6.07) is 11.5. The molecule has 40 heavy (non-hydrogen) atoms. The molecule has 0 aliphatic carbocycles. The number of benzene rings is 2. The van der Waals surface area contributed by atoms with Crippen LogP contribution in [0.1, 0.15) is 37.3 Å². The summed E-state index contributed by atoms with van der Waals surface area (Å²) in [6.07, 6.45) is 0.796. The van der Waals surface area contributed by atoms with Crippen molar-refractivity contribution in [1.29, 1.82) is 0 Å². The lowest BCUT2D eigenvalue weighted by molar-refractivity contribution is -0.143. The van der Waals surface area contributed by atoms with Gasteiger partial charge in [0.15, 0.2) is 0 Å². The predicted molar refractivity (Wildman–Crippen MR) is 158 cm³/mol. The van der Waals surface area contributed by atoms with Crippen LogP contribution in [0.25, 0.3) is 0 Å². The molecule has 1 saturated heterocycles. The van der Waals surface area contributed by atoms with Crippen LogP contribution >= 0.6 is 25.3 Å². The van der Waals surface area contributed by atoms with Gasteiger partial charge in [0.05, 0.1) is 6.04 Å². The van der Waals surface area contributed by atoms with E-state index in [0.29, 0.717) is 13.0 Å². The predicted octanol–water partition coefficient (Wildman–Crippen LogP) is 1.26. The number of hydrogen-bond acceptors (Lipinski definition) is 8. The molecule has 0 unspecified atom stereocenters. The molecule has 0 saturated carbocycles. The number of carbonyl (C=O) groups excluding carboxylic acids is 3. The van der Waals surface area contributed by atoms with E-state index in [1.165, 1.54) is 0 Å². The van der Waals surface area contributed by atoms with Crippen LogP contribution in [-0.2, 0) is 25.6 Å². The van der Waals surface area contributed by atoms with Crippen molar-refractivity contribution in [3.05, 3.63) is 65.7 Å². The van der Waals surface area contributed by atoms with E-state index in [2.05, 4.69) is 46.5 Å². The van der Waals surface area contributed by atoms with Gasteiger partial charge in [-0.3, -0.25) is 14.4 Å². The molecular weight excluding hydrogens is 552 g/mol. The summed E-state index contributed by atoms with van der Waals surface area (Å²) in [5.41, 5.74) is 1.63. The Kier molecular flexibility index (Phi) is 10.9. The molecule has 1 aliphatic rings. The molecule has 3 amide bonds. The fraction of sp³-hybridized carbons (Fsp3) is 0.429. The number of aliphatic carboxylic acids is 1. The van der Waals surface area contributed by atoms with Gasteiger partial charge in [-0.2, -0.15) is 25.3 Å². The highest BCUT2D eigenvalue weighted by atomic mass is 32.1. The third-order valence-electron chi connectivity index (χ3n) is 6.80. The molecule has 1 heterocycles. The molecule has 6 N–H and O–H groups in total. The quantitative estimate of drug-likeness (QED) is 0.174. The van der Waals surface area contributed by atoms with Crippen LogP contribution in [0.4, 0.5) is 0 Å². The molecule has 2 aromatic rings. The Hall–Kier alpha value is -3.22. The van der Waals surface area contributed by atoms with Crippen molar-refractivity contribution >= 4 is 48.9 Å². The Morgan fingerprint density at radius 1 is 0.975 bits per heavy atom. The first-order chi connectivity index (χ1) is 18.9. The number of hydrogen-bond donors (Lipinski definition) is 8. The molecule has 0 aromatic heterocycles. The molecular formula is C28H36N4O6S2. The van der Waals surface area contributed by atoms with Gasteiger partial charge >= 0.3 is 5.97 Å². The maximum absolute atomic E-state index is 13.3. The zero-order valence-electron chi connectivity index (χ0n) is 22.3. The number of carboxylic acids is 1. The van der Waals surface area contributed by atoms with Crippen molar-refractivity contribution in [2.45, 2.75) is 61.5 Å². The van der Waals surface area contributed by atoms with E-state index in [9.17, 15) is 29.4 Å². The minimum Gasteiger partial charge on any atom is -0.508 e. The molecule has 1 fully saturated rings. The maximum atomic E-state index is 13.3. The van der Waals surface area contributed by atoms with E-state index in [1.54, 1.807) is 62.4 Å². The monoisotopic (exact) mass is 588 g/mol. The zero-order chi connectivity index (χ0) is 29.4. The van der Waals surface area contributed by atoms with Crippen LogP contribution in [0.15, 0.2) is 54.6 Å². The molecule has 0 bridgehead atoms. The first-order valence-electron chi connectivity index (χ1n) is 12.9. The number of carboxylic acid groups (broad SMARTS) is 1. The van der Waals surface area contributed by atoms with E-state index < -0.39 is 52.6 Å². The highest BCUT2D eigenvalue weighted by Crippen LogP contribution is 2.29. The van der Waals surface area contributed by atoms with Gasteiger partial charge in [-0.05, 0) is 50.1 Å². The number of rotatable bonds is 12. The normalized spacial score (nSPS) is 19.2. The summed E-state index contributed by atoms with van der Waals surface area (Å²) in [5.74, 6) is -3.03. The van der Waals surface area contributed by atoms with Crippen molar-refractivity contribution in [1.82, 2.24) is 21.3 Å². The van der Waals surface area contributed by atoms with Crippen molar-refractivity contribution in [3.8, 4) is 5.75 Å². The molecule has 1 aliphatic heterocycles. The first kappa shape index (κ1) is 31.3. The minimum absolute atomic E-state index is 0.0325. The third-order valence-corrected chi connectivity index (χ3v) is 7.42. The molecule has 3 rings (SSSR count). The second kappa shape index (κ2) is 13.9. The van der Waals surface area contributed by atoms with Crippen molar-refractivity contribution in [3.63, 3.8) is 0 Å². The fourth-order valence-corrected chi connectivity index (χ4v) is 5.06. The lowest BCUT2D eigenvalue weighted by Crippen LogP contribution is -2.60. The summed E-state index contributed by atoms with van der Waals surface area (Å²) >= 11 is 8.57. The Morgan fingerprint density at radius 3 is 2.17 bits per heavy atom. The molecule has 0 radical (unpaired) electrons. The van der Waals surface area contributed by atoms with E-state index in [1.807, 2.05) is 6.07 Å². The number of amides is 3. The van der Waals surface area contributed by atoms with Gasteiger partial charge in [0.25, 0.3) is 0 Å². The van der Waals surface area contributed by atoms with Crippen LogP contribution in [0.5, 0.6) is 5.75 Å². The lowest BCUT2D eigenvalue weighted by Gasteiger charge is -2.29. The SMILES string of the molecule is CC(C)(S)[C@@H](NC(=O)[C@H](Cc1ccccc1)NC(=O)[C@@H](CS)NC(=O)[C@@H]1NCC[C@@H]1c1ccc(O)cc1)C(=O)O. The molecule has 5 atom stereocenters. The summed E-state index contributed by atoms with van der Waals surface area (Å²) in [4.78, 5) is 51.6. The Bertz CT molecular complexity index is 1190. The summed E-state index contributed by atoms with van der Waals surface area (Å²) in [6.45, 7) is 3.73. The van der Waals surface area contributed by atoms with Crippen molar-refractivity contribution in [2.24, 2.45) is 0 Å². The Balaban J connectivity index is 1.74.